The van der Waals surface area contributed by atoms with Gasteiger partial charge in [-0.15, -0.1) is 0 Å². The van der Waals surface area contributed by atoms with Crippen LogP contribution in [-0.4, -0.2) is 57.6 Å². The first-order valence-corrected chi connectivity index (χ1v) is 8.64. The van der Waals surface area contributed by atoms with E-state index in [2.05, 4.69) is 20.5 Å². The van der Waals surface area contributed by atoms with E-state index in [4.69, 9.17) is 9.26 Å². The lowest BCUT2D eigenvalue weighted by atomic mass is 10.1. The average Bonchev–Trinajstić information content (AvgIpc) is 3.17. The summed E-state index contributed by atoms with van der Waals surface area (Å²) in [5.41, 5.74) is 1.13. The van der Waals surface area contributed by atoms with Crippen molar-refractivity contribution < 1.29 is 14.1 Å². The van der Waals surface area contributed by atoms with E-state index in [1.54, 1.807) is 13.0 Å². The van der Waals surface area contributed by atoms with E-state index >= 15 is 0 Å². The SMILES string of the molecule is CC[C@@H](C(=O)Nc1cc(C)on1)N1CCO[C@H](Cn2cc(C)cn2)C1. The lowest BCUT2D eigenvalue weighted by Gasteiger charge is -2.37. The van der Waals surface area contributed by atoms with Crippen LogP contribution >= 0.6 is 0 Å². The van der Waals surface area contributed by atoms with Gasteiger partial charge >= 0.3 is 0 Å². The fourth-order valence-corrected chi connectivity index (χ4v) is 3.16. The first-order chi connectivity index (χ1) is 12.0. The van der Waals surface area contributed by atoms with Crippen LogP contribution in [0.3, 0.4) is 0 Å². The zero-order valence-electron chi connectivity index (χ0n) is 14.9. The second-order valence-corrected chi connectivity index (χ2v) is 6.46. The molecule has 8 heteroatoms. The van der Waals surface area contributed by atoms with Crippen molar-refractivity contribution in [1.29, 1.82) is 0 Å². The summed E-state index contributed by atoms with van der Waals surface area (Å²) in [6.07, 6.45) is 4.57. The quantitative estimate of drug-likeness (QED) is 0.854. The third kappa shape index (κ3) is 4.46. The van der Waals surface area contributed by atoms with Crippen molar-refractivity contribution in [3.8, 4) is 0 Å². The number of hydrogen-bond acceptors (Lipinski definition) is 6. The molecule has 3 rings (SSSR count). The third-order valence-electron chi connectivity index (χ3n) is 4.33. The predicted molar refractivity (Wildman–Crippen MR) is 92.2 cm³/mol. The van der Waals surface area contributed by atoms with E-state index in [-0.39, 0.29) is 18.1 Å². The molecule has 0 radical (unpaired) electrons. The fourth-order valence-electron chi connectivity index (χ4n) is 3.16. The summed E-state index contributed by atoms with van der Waals surface area (Å²) < 4.78 is 12.7. The lowest BCUT2D eigenvalue weighted by Crippen LogP contribution is -2.52. The van der Waals surface area contributed by atoms with Crippen LogP contribution in [0.4, 0.5) is 5.82 Å². The Balaban J connectivity index is 1.60. The van der Waals surface area contributed by atoms with Crippen molar-refractivity contribution in [2.45, 2.75) is 45.9 Å². The Bertz CT molecular complexity index is 711. The molecule has 8 nitrogen and oxygen atoms in total. The first-order valence-electron chi connectivity index (χ1n) is 8.64. The van der Waals surface area contributed by atoms with Crippen LogP contribution in [0.5, 0.6) is 0 Å². The fraction of sp³-hybridized carbons (Fsp3) is 0.588. The van der Waals surface area contributed by atoms with Crippen LogP contribution < -0.4 is 5.32 Å². The summed E-state index contributed by atoms with van der Waals surface area (Å²) in [5, 5.41) is 11.0. The maximum Gasteiger partial charge on any atom is 0.242 e. The average molecular weight is 347 g/mol. The molecule has 2 aromatic rings. The van der Waals surface area contributed by atoms with Gasteiger partial charge in [-0.1, -0.05) is 12.1 Å². The number of aromatic nitrogens is 3. The normalized spacial score (nSPS) is 19.7. The van der Waals surface area contributed by atoms with Gasteiger partial charge in [0.05, 0.1) is 31.5 Å². The standard InChI is InChI=1S/C17H25N5O3/c1-4-15(17(23)19-16-7-13(3)25-20-16)21-5-6-24-14(10-21)11-22-9-12(2)8-18-22/h7-9,14-15H,4-6,10-11H2,1-3H3,(H,19,20,23)/t14-,15-/m0/s1. The molecular weight excluding hydrogens is 322 g/mol. The van der Waals surface area contributed by atoms with Crippen LogP contribution in [0.1, 0.15) is 24.7 Å². The molecule has 0 saturated carbocycles. The predicted octanol–water partition coefficient (Wildman–Crippen LogP) is 1.61. The van der Waals surface area contributed by atoms with Gasteiger partial charge in [0.1, 0.15) is 5.76 Å². The number of nitrogens with one attached hydrogen (secondary N) is 1. The maximum atomic E-state index is 12.6. The van der Waals surface area contributed by atoms with Crippen molar-refractivity contribution in [1.82, 2.24) is 19.8 Å². The molecular formula is C17H25N5O3. The maximum absolute atomic E-state index is 12.6. The van der Waals surface area contributed by atoms with Crippen LogP contribution in [0.2, 0.25) is 0 Å². The molecule has 25 heavy (non-hydrogen) atoms. The molecule has 0 aliphatic carbocycles. The highest BCUT2D eigenvalue weighted by molar-refractivity contribution is 5.94. The minimum Gasteiger partial charge on any atom is -0.374 e. The van der Waals surface area contributed by atoms with Crippen molar-refractivity contribution in [3.63, 3.8) is 0 Å². The second-order valence-electron chi connectivity index (χ2n) is 6.46. The molecule has 1 fully saturated rings. The Kier molecular flexibility index (Phi) is 5.50. The van der Waals surface area contributed by atoms with Crippen molar-refractivity contribution in [2.24, 2.45) is 0 Å². The van der Waals surface area contributed by atoms with E-state index in [1.165, 1.54) is 0 Å². The van der Waals surface area contributed by atoms with Gasteiger partial charge in [0.25, 0.3) is 0 Å². The molecule has 0 spiro atoms. The van der Waals surface area contributed by atoms with E-state index < -0.39 is 0 Å². The van der Waals surface area contributed by atoms with Crippen LogP contribution in [-0.2, 0) is 16.1 Å². The largest absolute Gasteiger partial charge is 0.374 e. The molecule has 0 aromatic carbocycles. The third-order valence-corrected chi connectivity index (χ3v) is 4.33. The van der Waals surface area contributed by atoms with Gasteiger partial charge in [-0.25, -0.2) is 0 Å². The highest BCUT2D eigenvalue weighted by atomic mass is 16.5. The summed E-state index contributed by atoms with van der Waals surface area (Å²) in [6, 6.07) is 1.50. The molecule has 2 aromatic heterocycles. The van der Waals surface area contributed by atoms with E-state index in [0.29, 0.717) is 31.3 Å². The zero-order valence-corrected chi connectivity index (χ0v) is 14.9. The van der Waals surface area contributed by atoms with Crippen molar-refractivity contribution in [2.75, 3.05) is 25.0 Å². The lowest BCUT2D eigenvalue weighted by molar-refractivity contribution is -0.125. The number of ether oxygens (including phenoxy) is 1. The Hall–Kier alpha value is -2.19. The monoisotopic (exact) mass is 347 g/mol. The van der Waals surface area contributed by atoms with Crippen LogP contribution in [0, 0.1) is 13.8 Å². The van der Waals surface area contributed by atoms with E-state index in [0.717, 1.165) is 18.5 Å². The van der Waals surface area contributed by atoms with E-state index in [1.807, 2.05) is 30.9 Å². The number of rotatable bonds is 6. The van der Waals surface area contributed by atoms with Gasteiger partial charge in [0.2, 0.25) is 5.91 Å². The molecule has 0 unspecified atom stereocenters. The number of carbonyl (C=O) groups is 1. The molecule has 2 atom stereocenters. The Morgan fingerprint density at radius 2 is 2.32 bits per heavy atom. The summed E-state index contributed by atoms with van der Waals surface area (Å²) in [6.45, 7) is 8.55. The summed E-state index contributed by atoms with van der Waals surface area (Å²) in [4.78, 5) is 14.8. The van der Waals surface area contributed by atoms with Gasteiger partial charge in [-0.2, -0.15) is 5.10 Å². The van der Waals surface area contributed by atoms with Crippen LogP contribution in [0.15, 0.2) is 23.0 Å². The number of nitrogens with zero attached hydrogens (tertiary/aromatic N) is 4. The van der Waals surface area contributed by atoms with Gasteiger partial charge in [0.15, 0.2) is 5.82 Å². The molecule has 0 bridgehead atoms. The zero-order chi connectivity index (χ0) is 17.8. The minimum absolute atomic E-state index is 0.0178. The summed E-state index contributed by atoms with van der Waals surface area (Å²) in [7, 11) is 0. The number of anilines is 1. The minimum atomic E-state index is -0.220. The van der Waals surface area contributed by atoms with Gasteiger partial charge in [0, 0.05) is 25.4 Å². The molecule has 1 saturated heterocycles. The van der Waals surface area contributed by atoms with Crippen LogP contribution in [0.25, 0.3) is 0 Å². The molecule has 1 aliphatic rings. The Morgan fingerprint density at radius 1 is 1.48 bits per heavy atom. The highest BCUT2D eigenvalue weighted by Crippen LogP contribution is 2.16. The number of amides is 1. The van der Waals surface area contributed by atoms with Gasteiger partial charge in [-0.05, 0) is 25.8 Å². The topological polar surface area (TPSA) is 85.4 Å². The number of hydrogen-bond donors (Lipinski definition) is 1. The highest BCUT2D eigenvalue weighted by Gasteiger charge is 2.30. The smallest absolute Gasteiger partial charge is 0.242 e. The van der Waals surface area contributed by atoms with E-state index in [9.17, 15) is 4.79 Å². The summed E-state index contributed by atoms with van der Waals surface area (Å²) in [5.74, 6) is 1.06. The Morgan fingerprint density at radius 3 is 2.96 bits per heavy atom. The number of aryl methyl sites for hydroxylation is 2. The second kappa shape index (κ2) is 7.79. The molecule has 1 aliphatic heterocycles. The number of carbonyl (C=O) groups excluding carboxylic acids is 1. The van der Waals surface area contributed by atoms with Gasteiger partial charge < -0.3 is 14.6 Å². The van der Waals surface area contributed by atoms with Gasteiger partial charge in [-0.3, -0.25) is 14.4 Å². The molecule has 1 amide bonds. The Labute approximate surface area is 147 Å². The first kappa shape index (κ1) is 17.6. The van der Waals surface area contributed by atoms with Crippen molar-refractivity contribution >= 4 is 11.7 Å². The molecule has 136 valence electrons. The molecule has 3 heterocycles. The number of morpholine rings is 1. The summed E-state index contributed by atoms with van der Waals surface area (Å²) >= 11 is 0. The van der Waals surface area contributed by atoms with Crippen molar-refractivity contribution in [3.05, 3.63) is 29.8 Å². The molecule has 1 N–H and O–H groups in total.